The number of benzene rings is 2. The molecule has 0 atom stereocenters. The number of ether oxygens (including phenoxy) is 2. The van der Waals surface area contributed by atoms with Gasteiger partial charge in [0.05, 0.1) is 40.1 Å². The summed E-state index contributed by atoms with van der Waals surface area (Å²) in [6.07, 6.45) is 5.34. The minimum atomic E-state index is -0.540. The van der Waals surface area contributed by atoms with Crippen LogP contribution in [0.25, 0.3) is 41.6 Å². The molecule has 2 aromatic carbocycles. The number of hydrogen-bond donors (Lipinski definition) is 4. The monoisotopic (exact) mass is 1000 g/mol. The van der Waals surface area contributed by atoms with E-state index in [1.165, 1.54) is 23.0 Å². The molecule has 0 radical (unpaired) electrons. The lowest BCUT2D eigenvalue weighted by atomic mass is 9.99. The number of amides is 3. The zero-order chi connectivity index (χ0) is 49.2. The molecule has 0 aliphatic carbocycles. The van der Waals surface area contributed by atoms with Gasteiger partial charge in [0.2, 0.25) is 5.91 Å². The van der Waals surface area contributed by atoms with Gasteiger partial charge in [0.1, 0.15) is 32.0 Å². The number of fused-ring (bicyclic) bond motifs is 4. The number of rotatable bonds is 12. The Kier molecular flexibility index (Phi) is 18.1. The van der Waals surface area contributed by atoms with Crippen LogP contribution in [0.15, 0.2) is 61.2 Å². The first-order chi connectivity index (χ1) is 32.4. The third-order valence-corrected chi connectivity index (χ3v) is 15.0. The van der Waals surface area contributed by atoms with E-state index in [9.17, 15) is 19.2 Å². The molecule has 18 heteroatoms. The van der Waals surface area contributed by atoms with E-state index in [4.69, 9.17) is 35.4 Å². The molecule has 5 N–H and O–H groups in total. The van der Waals surface area contributed by atoms with Crippen molar-refractivity contribution in [3.63, 3.8) is 0 Å². The van der Waals surface area contributed by atoms with Crippen molar-refractivity contribution in [2.75, 3.05) is 38.2 Å². The maximum absolute atomic E-state index is 12.8. The van der Waals surface area contributed by atoms with E-state index in [2.05, 4.69) is 18.0 Å². The van der Waals surface area contributed by atoms with Crippen molar-refractivity contribution < 1.29 is 38.9 Å². The van der Waals surface area contributed by atoms with Crippen molar-refractivity contribution in [2.24, 2.45) is 5.73 Å². The van der Waals surface area contributed by atoms with Gasteiger partial charge in [-0.05, 0) is 109 Å². The molecule has 4 aromatic heterocycles. The van der Waals surface area contributed by atoms with Gasteiger partial charge >= 0.3 is 12.2 Å². The van der Waals surface area contributed by atoms with Crippen LogP contribution in [0.2, 0.25) is 0 Å². The normalized spacial score (nSPS) is 13.4. The number of nitrogens with zero attached hydrogens (tertiary/aromatic N) is 4. The number of aliphatic hydroxyl groups excluding tert-OH is 2. The van der Waals surface area contributed by atoms with Crippen molar-refractivity contribution in [1.82, 2.24) is 19.8 Å². The highest BCUT2D eigenvalue weighted by molar-refractivity contribution is 7.23. The van der Waals surface area contributed by atoms with E-state index in [-0.39, 0.29) is 37.1 Å². The van der Waals surface area contributed by atoms with Gasteiger partial charge in [-0.2, -0.15) is 0 Å². The van der Waals surface area contributed by atoms with E-state index in [1.807, 2.05) is 84.0 Å². The van der Waals surface area contributed by atoms with E-state index >= 15 is 0 Å². The van der Waals surface area contributed by atoms with Crippen LogP contribution >= 0.6 is 45.3 Å². The van der Waals surface area contributed by atoms with Crippen molar-refractivity contribution in [1.29, 1.82) is 0 Å². The van der Waals surface area contributed by atoms with Gasteiger partial charge in [0, 0.05) is 64.8 Å². The number of aliphatic hydroxyl groups is 2. The predicted octanol–water partition coefficient (Wildman–Crippen LogP) is 10.4. The van der Waals surface area contributed by atoms with E-state index < -0.39 is 11.2 Å². The number of thiazole rings is 2. The van der Waals surface area contributed by atoms with Gasteiger partial charge in [0.15, 0.2) is 0 Å². The van der Waals surface area contributed by atoms with Crippen molar-refractivity contribution in [3.8, 4) is 21.1 Å². The highest BCUT2D eigenvalue weighted by Crippen LogP contribution is 2.46. The Morgan fingerprint density at radius 1 is 0.735 bits per heavy atom. The summed E-state index contributed by atoms with van der Waals surface area (Å²) in [6, 6.07) is 16.1. The zero-order valence-electron chi connectivity index (χ0n) is 39.6. The molecule has 6 heterocycles. The van der Waals surface area contributed by atoms with E-state index in [1.54, 1.807) is 43.8 Å². The molecule has 6 aromatic rings. The summed E-state index contributed by atoms with van der Waals surface area (Å²) in [7, 11) is 0. The lowest BCUT2D eigenvalue weighted by Crippen LogP contribution is -2.39. The highest BCUT2D eigenvalue weighted by Gasteiger charge is 2.33. The summed E-state index contributed by atoms with van der Waals surface area (Å²) in [4.78, 5) is 66.5. The SMILES string of the molecule is C=CC(=O)Nc1sc2c(c1-c1nc3ccccc3s1)CCN(C(=O)OC(C)(C)C)C2.CC(C)(C)OC(=O)N1CCc2c(sc(CC(=O)CCCCCO)c2-c2nc3ccccc3s2)C1.NCCO. The summed E-state index contributed by atoms with van der Waals surface area (Å²) in [6.45, 7) is 17.5. The first kappa shape index (κ1) is 52.3. The molecule has 0 fully saturated rings. The molecule has 0 unspecified atom stereocenters. The average molecular weight is 1000 g/mol. The molecule has 14 nitrogen and oxygen atoms in total. The Hall–Kier alpha value is -5.08. The van der Waals surface area contributed by atoms with Crippen LogP contribution in [-0.4, -0.2) is 97.9 Å². The lowest BCUT2D eigenvalue weighted by Gasteiger charge is -2.30. The third-order valence-electron chi connectivity index (χ3n) is 10.5. The Bertz CT molecular complexity index is 2660. The second-order valence-corrected chi connectivity index (χ2v) is 22.6. The fourth-order valence-corrected chi connectivity index (χ4v) is 12.4. The van der Waals surface area contributed by atoms with Crippen LogP contribution < -0.4 is 11.1 Å². The fourth-order valence-electron chi connectivity index (χ4n) is 7.52. The first-order valence-corrected chi connectivity index (χ1v) is 26.0. The number of ketones is 1. The second kappa shape index (κ2) is 23.5. The highest BCUT2D eigenvalue weighted by atomic mass is 32.1. The van der Waals surface area contributed by atoms with Gasteiger partial charge in [-0.15, -0.1) is 45.3 Å². The second-order valence-electron chi connectivity index (χ2n) is 18.2. The summed E-state index contributed by atoms with van der Waals surface area (Å²) >= 11 is 6.39. The first-order valence-electron chi connectivity index (χ1n) is 22.7. The molecular formula is C50H62N6O8S4. The maximum Gasteiger partial charge on any atom is 0.410 e. The van der Waals surface area contributed by atoms with Crippen molar-refractivity contribution >= 4 is 94.7 Å². The van der Waals surface area contributed by atoms with Crippen LogP contribution in [0.3, 0.4) is 0 Å². The molecule has 2 aliphatic rings. The lowest BCUT2D eigenvalue weighted by molar-refractivity contribution is -0.118. The number of carbonyl (C=O) groups is 4. The summed E-state index contributed by atoms with van der Waals surface area (Å²) < 4.78 is 13.4. The van der Waals surface area contributed by atoms with Crippen LogP contribution in [0, 0.1) is 0 Å². The van der Waals surface area contributed by atoms with Crippen molar-refractivity contribution in [3.05, 3.63) is 86.9 Å². The number of hydrogen-bond acceptors (Lipinski definition) is 15. The van der Waals surface area contributed by atoms with Crippen molar-refractivity contribution in [2.45, 2.75) is 111 Å². The average Bonchev–Trinajstić information content (AvgIpc) is 4.08. The van der Waals surface area contributed by atoms with E-state index in [0.717, 1.165) is 92.5 Å². The number of nitrogens with one attached hydrogen (secondary N) is 1. The van der Waals surface area contributed by atoms with Gasteiger partial charge in [0.25, 0.3) is 0 Å². The summed E-state index contributed by atoms with van der Waals surface area (Å²) in [5.74, 6) is -0.0529. The van der Waals surface area contributed by atoms with Crippen LogP contribution in [0.5, 0.6) is 0 Å². The molecule has 0 bridgehead atoms. The third kappa shape index (κ3) is 13.8. The van der Waals surface area contributed by atoms with E-state index in [0.29, 0.717) is 52.0 Å². The topological polar surface area (TPSA) is 198 Å². The Morgan fingerprint density at radius 3 is 1.72 bits per heavy atom. The predicted molar refractivity (Wildman–Crippen MR) is 276 cm³/mol. The maximum atomic E-state index is 12.8. The molecule has 68 heavy (non-hydrogen) atoms. The fraction of sp³-hybridized carbons (Fsp3) is 0.440. The molecular weight excluding hydrogens is 941 g/mol. The van der Waals surface area contributed by atoms with Gasteiger partial charge in [-0.3, -0.25) is 9.59 Å². The van der Waals surface area contributed by atoms with Crippen LogP contribution in [0.1, 0.15) is 93.0 Å². The molecule has 0 saturated carbocycles. The number of para-hydroxylation sites is 2. The number of unbranched alkanes of at least 4 members (excludes halogenated alkanes) is 2. The molecule has 0 saturated heterocycles. The smallest absolute Gasteiger partial charge is 0.410 e. The molecule has 8 rings (SSSR count). The largest absolute Gasteiger partial charge is 0.444 e. The number of aromatic nitrogens is 2. The standard InChI is InChI=1S/C26H32N2O4S2.C22H23N3O3S2.C2H7NO/c1-26(2,3)32-25(31)28-13-12-18-22(16-28)33-21(15-17(30)9-5-4-8-14-29)23(18)24-27-19-10-6-7-11-20(19)34-24;1-5-17(26)24-20-18(19-23-14-8-6-7-9-15(14)29-19)13-10-11-25(12-16(13)30-20)21(27)28-22(2,3)4;3-1-2-4/h6-7,10-11,29H,4-5,8-9,12-16H2,1-3H3;5-9H,1,10-12H2,2-4H3,(H,24,26);4H,1-3H2. The number of nitrogens with two attached hydrogens (primary N) is 1. The zero-order valence-corrected chi connectivity index (χ0v) is 42.9. The number of anilines is 1. The van der Waals surface area contributed by atoms with Gasteiger partial charge in [-0.25, -0.2) is 19.6 Å². The van der Waals surface area contributed by atoms with Gasteiger partial charge < -0.3 is 40.5 Å². The Balaban J connectivity index is 0.000000209. The van der Waals surface area contributed by atoms with Gasteiger partial charge in [-0.1, -0.05) is 37.3 Å². The quantitative estimate of drug-likeness (QED) is 0.0672. The summed E-state index contributed by atoms with van der Waals surface area (Å²) in [5, 5.41) is 22.2. The molecule has 0 spiro atoms. The number of carbonyl (C=O) groups excluding carboxylic acids is 4. The minimum Gasteiger partial charge on any atom is -0.444 e. The molecule has 2 aliphatic heterocycles. The Labute approximate surface area is 413 Å². The molecule has 3 amide bonds. The number of thiophene rings is 2. The molecule has 364 valence electrons. The van der Waals surface area contributed by atoms with Crippen LogP contribution in [-0.2, 0) is 51.4 Å². The minimum absolute atomic E-state index is 0.0972. The number of Topliss-reactive ketones (excluding diaryl/α,β-unsaturated/α-hetero) is 1. The van der Waals surface area contributed by atoms with Crippen LogP contribution in [0.4, 0.5) is 14.6 Å². The Morgan fingerprint density at radius 2 is 1.24 bits per heavy atom. The summed E-state index contributed by atoms with van der Waals surface area (Å²) in [5.41, 5.74) is 10.0.